The monoisotopic (exact) mass is 482 g/mol. The van der Waals surface area contributed by atoms with Gasteiger partial charge in [-0.05, 0) is 23.8 Å². The number of nitrogens with two attached hydrogens (primary N) is 1. The number of carbonyl (C=O) groups excluding carboxylic acids is 2. The molecule has 5 aromatic carbocycles. The van der Waals surface area contributed by atoms with Crippen molar-refractivity contribution in [1.82, 2.24) is 0 Å². The Kier molecular flexibility index (Phi) is 5.51. The Labute approximate surface area is 214 Å². The van der Waals surface area contributed by atoms with Crippen LogP contribution in [-0.2, 0) is 0 Å². The number of hydrogen-bond donors (Lipinski definition) is 2. The van der Waals surface area contributed by atoms with E-state index in [0.29, 0.717) is 28.3 Å². The quantitative estimate of drug-likeness (QED) is 0.253. The number of nitrogens with one attached hydrogen (secondary N) is 1. The van der Waals surface area contributed by atoms with Crippen molar-refractivity contribution in [1.29, 1.82) is 0 Å². The number of hydrogen-bond acceptors (Lipinski definition) is 5. The summed E-state index contributed by atoms with van der Waals surface area (Å²) in [7, 11) is 0. The van der Waals surface area contributed by atoms with Gasteiger partial charge in [0.2, 0.25) is 0 Å². The lowest BCUT2D eigenvalue weighted by Crippen LogP contribution is -2.24. The topological polar surface area (TPSA) is 81.4 Å². The van der Waals surface area contributed by atoms with Gasteiger partial charge in [0.1, 0.15) is 5.75 Å². The third-order valence-corrected chi connectivity index (χ3v) is 6.44. The van der Waals surface area contributed by atoms with Crippen molar-refractivity contribution < 1.29 is 14.3 Å². The second kappa shape index (κ2) is 9.13. The second-order valence-electron chi connectivity index (χ2n) is 8.75. The van der Waals surface area contributed by atoms with Crippen LogP contribution in [0.3, 0.4) is 0 Å². The highest BCUT2D eigenvalue weighted by atomic mass is 16.5. The van der Waals surface area contributed by atoms with E-state index in [-0.39, 0.29) is 28.4 Å². The van der Waals surface area contributed by atoms with Gasteiger partial charge in [-0.3, -0.25) is 9.59 Å². The van der Waals surface area contributed by atoms with Gasteiger partial charge in [0.25, 0.3) is 0 Å². The molecule has 6 rings (SSSR count). The second-order valence-corrected chi connectivity index (χ2v) is 8.75. The summed E-state index contributed by atoms with van der Waals surface area (Å²) in [4.78, 5) is 27.3. The highest BCUT2D eigenvalue weighted by Crippen LogP contribution is 2.44. The minimum Gasteiger partial charge on any atom is -0.454 e. The molecule has 5 aromatic rings. The Morgan fingerprint density at radius 2 is 1.11 bits per heavy atom. The predicted molar refractivity (Wildman–Crippen MR) is 146 cm³/mol. The van der Waals surface area contributed by atoms with Gasteiger partial charge in [0, 0.05) is 28.4 Å². The largest absolute Gasteiger partial charge is 0.454 e. The fourth-order valence-corrected chi connectivity index (χ4v) is 4.68. The van der Waals surface area contributed by atoms with E-state index >= 15 is 0 Å². The highest BCUT2D eigenvalue weighted by molar-refractivity contribution is 6.32. The van der Waals surface area contributed by atoms with Crippen LogP contribution in [0.25, 0.3) is 11.1 Å². The van der Waals surface area contributed by atoms with Crippen molar-refractivity contribution in [2.75, 3.05) is 11.1 Å². The Bertz CT molecular complexity index is 1660. The molecule has 0 fully saturated rings. The molecule has 0 saturated carbocycles. The first-order chi connectivity index (χ1) is 18.1. The van der Waals surface area contributed by atoms with Crippen LogP contribution in [0.2, 0.25) is 0 Å². The molecule has 0 atom stereocenters. The van der Waals surface area contributed by atoms with Crippen LogP contribution in [-0.4, -0.2) is 11.6 Å². The number of rotatable bonds is 5. The molecule has 5 nitrogen and oxygen atoms in total. The van der Waals surface area contributed by atoms with Crippen molar-refractivity contribution in [2.45, 2.75) is 0 Å². The van der Waals surface area contributed by atoms with Gasteiger partial charge in [-0.1, -0.05) is 91.0 Å². The highest BCUT2D eigenvalue weighted by Gasteiger charge is 2.35. The molecule has 0 unspecified atom stereocenters. The number of ether oxygens (including phenoxy) is 1. The molecule has 0 bridgehead atoms. The summed E-state index contributed by atoms with van der Waals surface area (Å²) in [5.41, 5.74) is 10.9. The van der Waals surface area contributed by atoms with E-state index in [4.69, 9.17) is 10.5 Å². The van der Waals surface area contributed by atoms with Crippen LogP contribution in [0.15, 0.2) is 115 Å². The molecule has 1 aliphatic carbocycles. The first-order valence-electron chi connectivity index (χ1n) is 11.9. The fourth-order valence-electron chi connectivity index (χ4n) is 4.68. The molecule has 0 heterocycles. The van der Waals surface area contributed by atoms with Gasteiger partial charge in [-0.25, -0.2) is 0 Å². The van der Waals surface area contributed by atoms with E-state index in [9.17, 15) is 9.59 Å². The summed E-state index contributed by atoms with van der Waals surface area (Å²) < 4.78 is 6.38. The maximum atomic E-state index is 13.7. The summed E-state index contributed by atoms with van der Waals surface area (Å²) in [6.45, 7) is 0. The molecule has 1 aliphatic rings. The van der Waals surface area contributed by atoms with Crippen LogP contribution in [0.4, 0.5) is 17.1 Å². The molecule has 5 heteroatoms. The fraction of sp³-hybridized carbons (Fsp3) is 0. The minimum atomic E-state index is -0.305. The number of carbonyl (C=O) groups is 2. The number of nitrogen functional groups attached to an aromatic ring is 1. The number of anilines is 3. The van der Waals surface area contributed by atoms with E-state index in [0.717, 1.165) is 16.8 Å². The zero-order valence-electron chi connectivity index (χ0n) is 19.8. The van der Waals surface area contributed by atoms with E-state index in [1.165, 1.54) is 0 Å². The molecule has 37 heavy (non-hydrogen) atoms. The van der Waals surface area contributed by atoms with Crippen molar-refractivity contribution in [3.05, 3.63) is 138 Å². The molecule has 0 saturated heterocycles. The summed E-state index contributed by atoms with van der Waals surface area (Å²) in [6.07, 6.45) is 0. The molecule has 0 aliphatic heterocycles. The summed E-state index contributed by atoms with van der Waals surface area (Å²) in [6, 6.07) is 35.5. The van der Waals surface area contributed by atoms with Gasteiger partial charge >= 0.3 is 0 Å². The Morgan fingerprint density at radius 3 is 1.78 bits per heavy atom. The van der Waals surface area contributed by atoms with Crippen molar-refractivity contribution in [3.8, 4) is 22.6 Å². The summed E-state index contributed by atoms with van der Waals surface area (Å²) >= 11 is 0. The van der Waals surface area contributed by atoms with Crippen molar-refractivity contribution in [3.63, 3.8) is 0 Å². The van der Waals surface area contributed by atoms with Crippen molar-refractivity contribution >= 4 is 28.6 Å². The van der Waals surface area contributed by atoms with Gasteiger partial charge in [0.15, 0.2) is 17.3 Å². The van der Waals surface area contributed by atoms with Gasteiger partial charge in [-0.15, -0.1) is 0 Å². The molecule has 0 amide bonds. The van der Waals surface area contributed by atoms with E-state index in [2.05, 4.69) is 5.32 Å². The van der Waals surface area contributed by atoms with Crippen LogP contribution in [0, 0.1) is 0 Å². The van der Waals surface area contributed by atoms with Crippen LogP contribution in [0.1, 0.15) is 31.8 Å². The van der Waals surface area contributed by atoms with Gasteiger partial charge < -0.3 is 15.8 Å². The smallest absolute Gasteiger partial charge is 0.196 e. The summed E-state index contributed by atoms with van der Waals surface area (Å²) in [5, 5.41) is 3.30. The maximum Gasteiger partial charge on any atom is 0.196 e. The average Bonchev–Trinajstić information content (AvgIpc) is 2.94. The molecule has 0 spiro atoms. The third kappa shape index (κ3) is 3.93. The third-order valence-electron chi connectivity index (χ3n) is 6.44. The number of ketones is 2. The average molecular weight is 483 g/mol. The number of fused-ring (bicyclic) bond motifs is 2. The Balaban J connectivity index is 1.53. The first-order valence-corrected chi connectivity index (χ1v) is 11.9. The lowest BCUT2D eigenvalue weighted by Gasteiger charge is -2.24. The molecule has 0 aromatic heterocycles. The normalized spacial score (nSPS) is 12.0. The molecule has 178 valence electrons. The molecule has 0 radical (unpaired) electrons. The van der Waals surface area contributed by atoms with Gasteiger partial charge in [-0.2, -0.15) is 0 Å². The molecular weight excluding hydrogens is 460 g/mol. The van der Waals surface area contributed by atoms with E-state index < -0.39 is 0 Å². The summed E-state index contributed by atoms with van der Waals surface area (Å²) in [5.74, 6) is 0.314. The first kappa shape index (κ1) is 22.3. The lowest BCUT2D eigenvalue weighted by atomic mass is 9.82. The SMILES string of the molecule is Nc1c(Oc2ccccc2-c2ccccc2)cc(Nc2ccccc2)c2c1C(=O)c1ccccc1C2=O. The maximum absolute atomic E-state index is 13.7. The van der Waals surface area contributed by atoms with E-state index in [1.54, 1.807) is 30.3 Å². The number of benzene rings is 5. The van der Waals surface area contributed by atoms with Crippen LogP contribution < -0.4 is 15.8 Å². The Hall–Kier alpha value is -5.16. The minimum absolute atomic E-state index is 0.129. The zero-order chi connectivity index (χ0) is 25.4. The van der Waals surface area contributed by atoms with E-state index in [1.807, 2.05) is 84.9 Å². The van der Waals surface area contributed by atoms with Crippen LogP contribution >= 0.6 is 0 Å². The zero-order valence-corrected chi connectivity index (χ0v) is 19.8. The Morgan fingerprint density at radius 1 is 0.568 bits per heavy atom. The van der Waals surface area contributed by atoms with Gasteiger partial charge in [0.05, 0.1) is 22.5 Å². The van der Waals surface area contributed by atoms with Crippen LogP contribution in [0.5, 0.6) is 11.5 Å². The number of para-hydroxylation sites is 2. The molecule has 3 N–H and O–H groups in total. The lowest BCUT2D eigenvalue weighted by molar-refractivity contribution is 0.0980. The van der Waals surface area contributed by atoms with Crippen molar-refractivity contribution in [2.24, 2.45) is 0 Å². The standard InChI is InChI=1S/C32H22N2O3/c33-30-27(37-26-18-10-9-15-22(26)20-11-3-1-4-12-20)19-25(34-21-13-5-2-6-14-21)28-29(30)32(36)24-17-8-7-16-23(24)31(28)35/h1-19,34H,33H2. The predicted octanol–water partition coefficient (Wildman–Crippen LogP) is 7.25. The molecular formula is C32H22N2O3.